The molecule has 2 aromatic heterocycles. The zero-order valence-corrected chi connectivity index (χ0v) is 19.7. The highest BCUT2D eigenvalue weighted by Crippen LogP contribution is 2.39. The maximum Gasteiger partial charge on any atom is 0.204 e. The smallest absolute Gasteiger partial charge is 0.204 e. The van der Waals surface area contributed by atoms with Gasteiger partial charge in [-0.15, -0.1) is 11.8 Å². The minimum atomic E-state index is 0.490. The Labute approximate surface area is 184 Å². The van der Waals surface area contributed by atoms with Crippen LogP contribution in [0.2, 0.25) is 0 Å². The number of rotatable bonds is 10. The number of fused-ring (bicyclic) bond motifs is 1. The molecular formula is C23H33N5OS. The lowest BCUT2D eigenvalue weighted by molar-refractivity contribution is 0.411. The third kappa shape index (κ3) is 4.51. The first kappa shape index (κ1) is 22.3. The van der Waals surface area contributed by atoms with E-state index in [1.807, 2.05) is 10.6 Å². The van der Waals surface area contributed by atoms with Crippen molar-refractivity contribution in [1.82, 2.24) is 14.6 Å². The van der Waals surface area contributed by atoms with Crippen molar-refractivity contribution in [2.24, 2.45) is 0 Å². The molecule has 0 aliphatic heterocycles. The van der Waals surface area contributed by atoms with Crippen LogP contribution < -0.4 is 15.0 Å². The Morgan fingerprint density at radius 2 is 1.90 bits per heavy atom. The Bertz CT molecular complexity index is 979. The van der Waals surface area contributed by atoms with Crippen LogP contribution in [0.1, 0.15) is 52.0 Å². The summed E-state index contributed by atoms with van der Waals surface area (Å²) < 4.78 is 7.78. The van der Waals surface area contributed by atoms with E-state index in [1.54, 1.807) is 25.1 Å². The van der Waals surface area contributed by atoms with E-state index in [0.29, 0.717) is 17.5 Å². The zero-order valence-electron chi connectivity index (χ0n) is 18.9. The zero-order chi connectivity index (χ0) is 21.7. The molecule has 1 N–H and O–H groups in total. The molecule has 30 heavy (non-hydrogen) atoms. The summed E-state index contributed by atoms with van der Waals surface area (Å²) in [4.78, 5) is 8.36. The molecule has 0 saturated heterocycles. The molecule has 1 aromatic carbocycles. The molecule has 0 atom stereocenters. The Morgan fingerprint density at radius 1 is 1.17 bits per heavy atom. The second kappa shape index (κ2) is 10.1. The Kier molecular flexibility index (Phi) is 7.48. The first-order chi connectivity index (χ1) is 14.5. The fourth-order valence-electron chi connectivity index (χ4n) is 3.62. The molecule has 3 rings (SSSR count). The van der Waals surface area contributed by atoms with Gasteiger partial charge < -0.3 is 15.0 Å². The van der Waals surface area contributed by atoms with Gasteiger partial charge in [-0.25, -0.2) is 4.98 Å². The van der Waals surface area contributed by atoms with E-state index in [-0.39, 0.29) is 0 Å². The van der Waals surface area contributed by atoms with E-state index in [9.17, 15) is 0 Å². The predicted octanol–water partition coefficient (Wildman–Crippen LogP) is 5.95. The summed E-state index contributed by atoms with van der Waals surface area (Å²) in [5.74, 6) is 2.87. The highest BCUT2D eigenvalue weighted by molar-refractivity contribution is 7.98. The molecule has 0 fully saturated rings. The second-order valence-corrected chi connectivity index (χ2v) is 8.49. The van der Waals surface area contributed by atoms with Crippen molar-refractivity contribution in [2.45, 2.75) is 51.3 Å². The van der Waals surface area contributed by atoms with Gasteiger partial charge in [0.05, 0.1) is 19.0 Å². The van der Waals surface area contributed by atoms with Crippen molar-refractivity contribution < 1.29 is 4.74 Å². The Hall–Kier alpha value is -2.41. The molecule has 2 heterocycles. The van der Waals surface area contributed by atoms with Gasteiger partial charge in [0, 0.05) is 24.1 Å². The standard InChI is InChI=1S/C23H33N5OS/c1-7-13-27(14-8-2)23-21(29-5)22(26-20-11-12-24-28(20)23)25-18-10-9-17(16(3)4)15-19(18)30-6/h9-12,15-16H,7-8,13-14H2,1-6H3,(H,25,26). The summed E-state index contributed by atoms with van der Waals surface area (Å²) in [6.45, 7) is 10.7. The van der Waals surface area contributed by atoms with Gasteiger partial charge in [0.2, 0.25) is 5.75 Å². The van der Waals surface area contributed by atoms with Gasteiger partial charge in [0.15, 0.2) is 17.3 Å². The van der Waals surface area contributed by atoms with Crippen molar-refractivity contribution in [3.05, 3.63) is 36.0 Å². The summed E-state index contributed by atoms with van der Waals surface area (Å²) in [6, 6.07) is 8.50. The van der Waals surface area contributed by atoms with Gasteiger partial charge in [-0.2, -0.15) is 9.61 Å². The van der Waals surface area contributed by atoms with Crippen LogP contribution in [-0.4, -0.2) is 41.1 Å². The maximum atomic E-state index is 5.90. The number of ether oxygens (including phenoxy) is 1. The topological polar surface area (TPSA) is 54.7 Å². The number of hydrogen-bond donors (Lipinski definition) is 1. The number of hydrogen-bond acceptors (Lipinski definition) is 6. The number of anilines is 3. The summed E-state index contributed by atoms with van der Waals surface area (Å²) in [5.41, 5.74) is 3.16. The molecule has 0 aliphatic rings. The minimum absolute atomic E-state index is 0.490. The van der Waals surface area contributed by atoms with Gasteiger partial charge in [-0.1, -0.05) is 33.8 Å². The number of benzene rings is 1. The fourth-order valence-corrected chi connectivity index (χ4v) is 4.22. The molecule has 0 amide bonds. The maximum absolute atomic E-state index is 5.90. The van der Waals surface area contributed by atoms with Crippen LogP contribution in [-0.2, 0) is 0 Å². The van der Waals surface area contributed by atoms with Crippen molar-refractivity contribution in [2.75, 3.05) is 36.7 Å². The van der Waals surface area contributed by atoms with Crippen LogP contribution in [0.25, 0.3) is 5.65 Å². The van der Waals surface area contributed by atoms with Gasteiger partial charge in [-0.3, -0.25) is 0 Å². The normalized spacial score (nSPS) is 11.3. The van der Waals surface area contributed by atoms with Crippen LogP contribution in [0.5, 0.6) is 5.75 Å². The van der Waals surface area contributed by atoms with Crippen molar-refractivity contribution in [1.29, 1.82) is 0 Å². The monoisotopic (exact) mass is 427 g/mol. The van der Waals surface area contributed by atoms with Gasteiger partial charge in [-0.05, 0) is 42.7 Å². The number of methoxy groups -OCH3 is 1. The number of nitrogens with zero attached hydrogens (tertiary/aromatic N) is 4. The molecule has 162 valence electrons. The summed E-state index contributed by atoms with van der Waals surface area (Å²) in [6.07, 6.45) is 5.98. The van der Waals surface area contributed by atoms with Crippen molar-refractivity contribution >= 4 is 34.7 Å². The lowest BCUT2D eigenvalue weighted by Crippen LogP contribution is -2.28. The predicted molar refractivity (Wildman–Crippen MR) is 128 cm³/mol. The molecule has 0 unspecified atom stereocenters. The van der Waals surface area contributed by atoms with Crippen molar-refractivity contribution in [3.63, 3.8) is 0 Å². The quantitative estimate of drug-likeness (QED) is 0.403. The van der Waals surface area contributed by atoms with Crippen molar-refractivity contribution in [3.8, 4) is 5.75 Å². The van der Waals surface area contributed by atoms with Gasteiger partial charge in [0.25, 0.3) is 0 Å². The van der Waals surface area contributed by atoms with Crippen LogP contribution in [0, 0.1) is 0 Å². The Balaban J connectivity index is 2.13. The number of nitrogens with one attached hydrogen (secondary N) is 1. The highest BCUT2D eigenvalue weighted by Gasteiger charge is 2.22. The van der Waals surface area contributed by atoms with Crippen LogP contribution in [0.3, 0.4) is 0 Å². The largest absolute Gasteiger partial charge is 0.490 e. The Morgan fingerprint density at radius 3 is 2.50 bits per heavy atom. The second-order valence-electron chi connectivity index (χ2n) is 7.64. The third-order valence-corrected chi connectivity index (χ3v) is 5.88. The van der Waals surface area contributed by atoms with Crippen LogP contribution in [0.4, 0.5) is 17.3 Å². The molecule has 6 nitrogen and oxygen atoms in total. The van der Waals surface area contributed by atoms with E-state index < -0.39 is 0 Å². The van der Waals surface area contributed by atoms with E-state index >= 15 is 0 Å². The van der Waals surface area contributed by atoms with E-state index in [4.69, 9.17) is 9.72 Å². The number of aromatic nitrogens is 3. The molecule has 0 saturated carbocycles. The number of thioether (sulfide) groups is 1. The molecule has 3 aromatic rings. The van der Waals surface area contributed by atoms with Crippen LogP contribution in [0.15, 0.2) is 35.4 Å². The summed E-state index contributed by atoms with van der Waals surface area (Å²) in [5, 5.41) is 8.07. The first-order valence-electron chi connectivity index (χ1n) is 10.7. The summed E-state index contributed by atoms with van der Waals surface area (Å²) >= 11 is 1.73. The SMILES string of the molecule is CCCN(CCC)c1c(OC)c(Nc2ccc(C(C)C)cc2SC)nc2ccnn12. The summed E-state index contributed by atoms with van der Waals surface area (Å²) in [7, 11) is 1.70. The molecule has 7 heteroatoms. The molecule has 0 bridgehead atoms. The van der Waals surface area contributed by atoms with E-state index in [1.165, 1.54) is 10.5 Å². The molecular weight excluding hydrogens is 394 g/mol. The van der Waals surface area contributed by atoms with Gasteiger partial charge >= 0.3 is 0 Å². The average Bonchev–Trinajstić information content (AvgIpc) is 3.20. The fraction of sp³-hybridized carbons (Fsp3) is 0.478. The minimum Gasteiger partial charge on any atom is -0.490 e. The van der Waals surface area contributed by atoms with Crippen LogP contribution >= 0.6 is 11.8 Å². The molecule has 0 spiro atoms. The first-order valence-corrected chi connectivity index (χ1v) is 11.9. The third-order valence-electron chi connectivity index (χ3n) is 5.10. The van der Waals surface area contributed by atoms with E-state index in [2.05, 4.69) is 67.5 Å². The molecule has 0 radical (unpaired) electrons. The van der Waals surface area contributed by atoms with Gasteiger partial charge in [0.1, 0.15) is 0 Å². The average molecular weight is 428 g/mol. The lowest BCUT2D eigenvalue weighted by Gasteiger charge is -2.27. The highest BCUT2D eigenvalue weighted by atomic mass is 32.2. The molecule has 0 aliphatic carbocycles. The lowest BCUT2D eigenvalue weighted by atomic mass is 10.0. The van der Waals surface area contributed by atoms with E-state index in [0.717, 1.165) is 43.1 Å².